The number of fused-ring (bicyclic) bond motifs is 3. The van der Waals surface area contributed by atoms with Crippen molar-refractivity contribution < 1.29 is 9.53 Å². The van der Waals surface area contributed by atoms with E-state index in [4.69, 9.17) is 4.74 Å². The van der Waals surface area contributed by atoms with Crippen molar-refractivity contribution in [1.82, 2.24) is 30.7 Å². The second kappa shape index (κ2) is 6.46. The first kappa shape index (κ1) is 15.9. The van der Waals surface area contributed by atoms with Crippen LogP contribution >= 0.6 is 0 Å². The molecule has 3 atom stereocenters. The maximum Gasteiger partial charge on any atom is 0.253 e. The summed E-state index contributed by atoms with van der Waals surface area (Å²) in [6, 6.07) is 8.26. The molecule has 4 heterocycles. The Morgan fingerprint density at radius 2 is 2.27 bits per heavy atom. The number of likely N-dealkylation sites (tertiary alicyclic amines) is 1. The first-order valence-corrected chi connectivity index (χ1v) is 9.18. The van der Waals surface area contributed by atoms with Crippen LogP contribution in [0.15, 0.2) is 30.5 Å². The fourth-order valence-corrected chi connectivity index (χ4v) is 4.17. The molecule has 1 aromatic heterocycles. The Morgan fingerprint density at radius 3 is 3.15 bits per heavy atom. The minimum Gasteiger partial charge on any atom is -0.370 e. The Labute approximate surface area is 151 Å². The molecule has 0 bridgehead atoms. The van der Waals surface area contributed by atoms with Crippen LogP contribution in [-0.2, 0) is 11.3 Å². The third-order valence-corrected chi connectivity index (χ3v) is 5.59. The van der Waals surface area contributed by atoms with Crippen molar-refractivity contribution in [2.75, 3.05) is 19.6 Å². The normalized spacial score (nSPS) is 27.8. The van der Waals surface area contributed by atoms with Gasteiger partial charge in [0.05, 0.1) is 30.6 Å². The standard InChI is InChI=1S/C18H22N6O2/c25-18(13-3-1-2-12(8-13)15-4-6-19-21-15)23-7-5-17-16(10-23)24-14(11-26-17)9-20-22-24/h1-3,8-9,15-17,19,21H,4-7,10-11H2/t15?,16-,17+/m1/s1. The van der Waals surface area contributed by atoms with Crippen LogP contribution in [-0.4, -0.2) is 51.5 Å². The van der Waals surface area contributed by atoms with E-state index in [9.17, 15) is 4.79 Å². The first-order valence-electron chi connectivity index (χ1n) is 9.18. The van der Waals surface area contributed by atoms with E-state index >= 15 is 0 Å². The van der Waals surface area contributed by atoms with E-state index in [-0.39, 0.29) is 24.1 Å². The number of rotatable bonds is 2. The molecule has 0 saturated carbocycles. The second-order valence-corrected chi connectivity index (χ2v) is 7.16. The fourth-order valence-electron chi connectivity index (χ4n) is 4.17. The van der Waals surface area contributed by atoms with Gasteiger partial charge < -0.3 is 9.64 Å². The van der Waals surface area contributed by atoms with E-state index in [0.29, 0.717) is 19.7 Å². The van der Waals surface area contributed by atoms with Crippen LogP contribution in [0.1, 0.15) is 46.5 Å². The molecule has 2 saturated heterocycles. The highest BCUT2D eigenvalue weighted by molar-refractivity contribution is 5.94. The zero-order chi connectivity index (χ0) is 17.5. The van der Waals surface area contributed by atoms with Gasteiger partial charge in [-0.05, 0) is 30.5 Å². The van der Waals surface area contributed by atoms with Gasteiger partial charge in [-0.2, -0.15) is 0 Å². The van der Waals surface area contributed by atoms with Crippen molar-refractivity contribution in [1.29, 1.82) is 0 Å². The average Bonchev–Trinajstić information content (AvgIpc) is 3.39. The predicted molar refractivity (Wildman–Crippen MR) is 93.1 cm³/mol. The lowest BCUT2D eigenvalue weighted by Crippen LogP contribution is -2.49. The number of piperidine rings is 1. The lowest BCUT2D eigenvalue weighted by atomic mass is 9.98. The van der Waals surface area contributed by atoms with Crippen LogP contribution in [0, 0.1) is 0 Å². The number of nitrogens with one attached hydrogen (secondary N) is 2. The van der Waals surface area contributed by atoms with E-state index in [1.807, 2.05) is 27.8 Å². The number of carbonyl (C=O) groups is 1. The number of hydrogen-bond acceptors (Lipinski definition) is 6. The lowest BCUT2D eigenvalue weighted by molar-refractivity contribution is -0.0605. The number of nitrogens with zero attached hydrogens (tertiary/aromatic N) is 4. The summed E-state index contributed by atoms with van der Waals surface area (Å²) in [4.78, 5) is 15.0. The highest BCUT2D eigenvalue weighted by Gasteiger charge is 2.38. The van der Waals surface area contributed by atoms with E-state index in [0.717, 1.165) is 36.2 Å². The van der Waals surface area contributed by atoms with Crippen molar-refractivity contribution in [2.45, 2.75) is 37.6 Å². The largest absolute Gasteiger partial charge is 0.370 e. The van der Waals surface area contributed by atoms with Crippen molar-refractivity contribution >= 4 is 5.91 Å². The third-order valence-electron chi connectivity index (χ3n) is 5.59. The van der Waals surface area contributed by atoms with Gasteiger partial charge in [0.15, 0.2) is 0 Å². The van der Waals surface area contributed by atoms with Crippen molar-refractivity contribution in [3.63, 3.8) is 0 Å². The van der Waals surface area contributed by atoms with E-state index in [1.54, 1.807) is 6.20 Å². The summed E-state index contributed by atoms with van der Waals surface area (Å²) in [5, 5.41) is 8.20. The van der Waals surface area contributed by atoms with E-state index < -0.39 is 0 Å². The van der Waals surface area contributed by atoms with E-state index in [1.165, 1.54) is 0 Å². The fraction of sp³-hybridized carbons (Fsp3) is 0.500. The van der Waals surface area contributed by atoms with Gasteiger partial charge in [0.25, 0.3) is 5.91 Å². The minimum atomic E-state index is 0.0443. The van der Waals surface area contributed by atoms with Crippen LogP contribution in [0.3, 0.4) is 0 Å². The summed E-state index contributed by atoms with van der Waals surface area (Å²) >= 11 is 0. The Morgan fingerprint density at radius 1 is 1.31 bits per heavy atom. The summed E-state index contributed by atoms with van der Waals surface area (Å²) in [6.45, 7) is 2.80. The Bertz CT molecular complexity index is 816. The quantitative estimate of drug-likeness (QED) is 0.830. The summed E-state index contributed by atoms with van der Waals surface area (Å²) in [5.74, 6) is 0.0727. The molecule has 0 spiro atoms. The molecule has 3 aliphatic rings. The number of aromatic nitrogens is 3. The lowest BCUT2D eigenvalue weighted by Gasteiger charge is -2.41. The summed E-state index contributed by atoms with van der Waals surface area (Å²) < 4.78 is 7.86. The molecule has 1 amide bonds. The van der Waals surface area contributed by atoms with Gasteiger partial charge in [-0.3, -0.25) is 15.6 Å². The first-order chi connectivity index (χ1) is 12.8. The van der Waals surface area contributed by atoms with Gasteiger partial charge in [0, 0.05) is 31.2 Å². The average molecular weight is 354 g/mol. The van der Waals surface area contributed by atoms with Crippen molar-refractivity contribution in [2.24, 2.45) is 0 Å². The van der Waals surface area contributed by atoms with Crippen LogP contribution < -0.4 is 10.9 Å². The zero-order valence-corrected chi connectivity index (χ0v) is 14.5. The maximum atomic E-state index is 13.1. The molecule has 1 unspecified atom stereocenters. The highest BCUT2D eigenvalue weighted by atomic mass is 16.5. The van der Waals surface area contributed by atoms with Crippen LogP contribution in [0.2, 0.25) is 0 Å². The van der Waals surface area contributed by atoms with Gasteiger partial charge >= 0.3 is 0 Å². The molecular weight excluding hydrogens is 332 g/mol. The molecule has 0 aliphatic carbocycles. The predicted octanol–water partition coefficient (Wildman–Crippen LogP) is 0.803. The Balaban J connectivity index is 1.36. The number of benzene rings is 1. The molecule has 8 nitrogen and oxygen atoms in total. The molecular formula is C18H22N6O2. The molecule has 2 N–H and O–H groups in total. The van der Waals surface area contributed by atoms with Gasteiger partial charge in [0.1, 0.15) is 0 Å². The molecule has 3 aliphatic heterocycles. The Kier molecular flexibility index (Phi) is 3.96. The van der Waals surface area contributed by atoms with Crippen LogP contribution in [0.4, 0.5) is 0 Å². The number of carbonyl (C=O) groups excluding carboxylic acids is 1. The molecule has 2 fully saturated rings. The molecule has 2 aromatic rings. The number of amides is 1. The summed E-state index contributed by atoms with van der Waals surface area (Å²) in [6.07, 6.45) is 3.69. The topological polar surface area (TPSA) is 84.3 Å². The van der Waals surface area contributed by atoms with Gasteiger partial charge in [-0.15, -0.1) is 5.10 Å². The molecule has 5 rings (SSSR count). The van der Waals surface area contributed by atoms with Crippen molar-refractivity contribution in [3.8, 4) is 0 Å². The SMILES string of the molecule is O=C(c1cccc(C2CCNN2)c1)N1CC[C@@H]2OCc3cnnn3[C@@H]2C1. The molecule has 136 valence electrons. The van der Waals surface area contributed by atoms with Gasteiger partial charge in [0.2, 0.25) is 0 Å². The second-order valence-electron chi connectivity index (χ2n) is 7.16. The monoisotopic (exact) mass is 354 g/mol. The van der Waals surface area contributed by atoms with Crippen LogP contribution in [0.5, 0.6) is 0 Å². The maximum absolute atomic E-state index is 13.1. The number of hydrazine groups is 1. The highest BCUT2D eigenvalue weighted by Crippen LogP contribution is 2.31. The molecule has 8 heteroatoms. The Hall–Kier alpha value is -2.29. The zero-order valence-electron chi connectivity index (χ0n) is 14.5. The van der Waals surface area contributed by atoms with Gasteiger partial charge in [-0.25, -0.2) is 4.68 Å². The van der Waals surface area contributed by atoms with Gasteiger partial charge in [-0.1, -0.05) is 17.3 Å². The molecule has 1 aromatic carbocycles. The number of ether oxygens (including phenoxy) is 1. The third kappa shape index (κ3) is 2.70. The molecule has 0 radical (unpaired) electrons. The smallest absolute Gasteiger partial charge is 0.253 e. The van der Waals surface area contributed by atoms with Crippen LogP contribution in [0.25, 0.3) is 0 Å². The van der Waals surface area contributed by atoms with E-state index in [2.05, 4.69) is 27.2 Å². The molecule has 26 heavy (non-hydrogen) atoms. The minimum absolute atomic E-state index is 0.0443. The number of hydrogen-bond donors (Lipinski definition) is 2. The van der Waals surface area contributed by atoms with Crippen molar-refractivity contribution in [3.05, 3.63) is 47.3 Å². The summed E-state index contributed by atoms with van der Waals surface area (Å²) in [7, 11) is 0. The summed E-state index contributed by atoms with van der Waals surface area (Å²) in [5.41, 5.74) is 9.26.